The zero-order valence-corrected chi connectivity index (χ0v) is 22.8. The Morgan fingerprint density at radius 3 is 2.49 bits per heavy atom. The molecule has 0 bridgehead atoms. The molecule has 3 aromatic carbocycles. The lowest BCUT2D eigenvalue weighted by atomic mass is 10.0. The molecular weight excluding hydrogens is 623 g/mol. The van der Waals surface area contributed by atoms with Crippen molar-refractivity contribution in [2.75, 3.05) is 11.5 Å². The van der Waals surface area contributed by atoms with Gasteiger partial charge in [0.15, 0.2) is 0 Å². The van der Waals surface area contributed by atoms with Crippen LogP contribution >= 0.6 is 38.5 Å². The van der Waals surface area contributed by atoms with E-state index >= 15 is 0 Å². The van der Waals surface area contributed by atoms with Crippen molar-refractivity contribution in [3.05, 3.63) is 96.5 Å². The molecule has 1 heterocycles. The number of carbonyl (C=O) groups excluding carboxylic acids is 3. The number of carbonyl (C=O) groups is 3. The van der Waals surface area contributed by atoms with Gasteiger partial charge in [0.1, 0.15) is 11.3 Å². The molecule has 1 N–H and O–H groups in total. The Balaban J connectivity index is 1.74. The zero-order valence-electron chi connectivity index (χ0n) is 19.1. The van der Waals surface area contributed by atoms with Crippen LogP contribution in [-0.4, -0.2) is 24.5 Å². The van der Waals surface area contributed by atoms with E-state index in [-0.39, 0.29) is 5.57 Å². The molecule has 0 unspecified atom stereocenters. The summed E-state index contributed by atoms with van der Waals surface area (Å²) in [5, 5.41) is 2.28. The molecule has 0 radical (unpaired) electrons. The number of hydrogen-bond donors (Lipinski definition) is 1. The van der Waals surface area contributed by atoms with Gasteiger partial charge in [0.25, 0.3) is 11.8 Å². The number of imide groups is 2. The molecule has 1 saturated heterocycles. The topological polar surface area (TPSA) is 75.7 Å². The fourth-order valence-electron chi connectivity index (χ4n) is 3.86. The molecular formula is C27H22BrIN2O4. The summed E-state index contributed by atoms with van der Waals surface area (Å²) < 4.78 is 7.88. The van der Waals surface area contributed by atoms with Crippen molar-refractivity contribution in [1.82, 2.24) is 5.32 Å². The number of amides is 4. The summed E-state index contributed by atoms with van der Waals surface area (Å²) in [7, 11) is 0. The molecule has 1 aliphatic heterocycles. The minimum Gasteiger partial charge on any atom is -0.494 e. The van der Waals surface area contributed by atoms with Crippen LogP contribution in [0.15, 0.2) is 70.7 Å². The summed E-state index contributed by atoms with van der Waals surface area (Å²) in [6.07, 6.45) is 2.16. The SMILES string of the molecule is CCOc1cc(/C=C2\C(=O)NC(=O)N(c3ccccc3C)C2=O)cc(I)c1Cc1ccccc1Br. The van der Waals surface area contributed by atoms with E-state index in [2.05, 4.69) is 43.8 Å². The number of nitrogens with one attached hydrogen (secondary N) is 1. The molecule has 6 nitrogen and oxygen atoms in total. The number of aryl methyl sites for hydroxylation is 1. The van der Waals surface area contributed by atoms with Crippen molar-refractivity contribution < 1.29 is 19.1 Å². The van der Waals surface area contributed by atoms with Crippen LogP contribution < -0.4 is 15.0 Å². The quantitative estimate of drug-likeness (QED) is 0.202. The molecule has 0 spiro atoms. The smallest absolute Gasteiger partial charge is 0.335 e. The third-order valence-electron chi connectivity index (χ3n) is 5.57. The third-order valence-corrected chi connectivity index (χ3v) is 7.31. The Hall–Kier alpha value is -2.98. The van der Waals surface area contributed by atoms with Gasteiger partial charge in [-0.1, -0.05) is 52.3 Å². The maximum absolute atomic E-state index is 13.3. The molecule has 3 aromatic rings. The monoisotopic (exact) mass is 644 g/mol. The van der Waals surface area contributed by atoms with Crippen molar-refractivity contribution in [2.24, 2.45) is 0 Å². The van der Waals surface area contributed by atoms with E-state index in [1.54, 1.807) is 25.1 Å². The van der Waals surface area contributed by atoms with Gasteiger partial charge >= 0.3 is 6.03 Å². The molecule has 4 amide bonds. The highest BCUT2D eigenvalue weighted by molar-refractivity contribution is 14.1. The fourth-order valence-corrected chi connectivity index (χ4v) is 5.10. The summed E-state index contributed by atoms with van der Waals surface area (Å²) in [6, 6.07) is 18.0. The second-order valence-corrected chi connectivity index (χ2v) is 9.94. The van der Waals surface area contributed by atoms with Crippen LogP contribution in [0.1, 0.15) is 29.2 Å². The van der Waals surface area contributed by atoms with E-state index in [9.17, 15) is 14.4 Å². The average Bonchev–Trinajstić information content (AvgIpc) is 2.81. The molecule has 1 aliphatic rings. The van der Waals surface area contributed by atoms with Gasteiger partial charge in [-0.2, -0.15) is 0 Å². The van der Waals surface area contributed by atoms with Gasteiger partial charge in [0.2, 0.25) is 0 Å². The number of hydrogen-bond acceptors (Lipinski definition) is 4. The Kier molecular flexibility index (Phi) is 7.71. The summed E-state index contributed by atoms with van der Waals surface area (Å²) in [5.74, 6) is -0.717. The molecule has 0 saturated carbocycles. The van der Waals surface area contributed by atoms with Gasteiger partial charge in [-0.25, -0.2) is 9.69 Å². The highest BCUT2D eigenvalue weighted by atomic mass is 127. The lowest BCUT2D eigenvalue weighted by Crippen LogP contribution is -2.54. The van der Waals surface area contributed by atoms with Gasteiger partial charge in [0, 0.05) is 20.0 Å². The van der Waals surface area contributed by atoms with E-state index in [1.807, 2.05) is 49.4 Å². The number of halogens is 2. The van der Waals surface area contributed by atoms with E-state index in [4.69, 9.17) is 4.74 Å². The van der Waals surface area contributed by atoms with E-state index in [0.717, 1.165) is 29.6 Å². The normalized spacial score (nSPS) is 14.9. The van der Waals surface area contributed by atoms with Gasteiger partial charge in [0.05, 0.1) is 12.3 Å². The molecule has 178 valence electrons. The largest absolute Gasteiger partial charge is 0.494 e. The van der Waals surface area contributed by atoms with Crippen LogP contribution in [0.2, 0.25) is 0 Å². The number of barbiturate groups is 1. The Morgan fingerprint density at radius 2 is 1.77 bits per heavy atom. The van der Waals surface area contributed by atoms with Crippen LogP contribution in [0.5, 0.6) is 5.75 Å². The second kappa shape index (κ2) is 10.7. The summed E-state index contributed by atoms with van der Waals surface area (Å²) in [4.78, 5) is 39.4. The lowest BCUT2D eigenvalue weighted by molar-refractivity contribution is -0.122. The Labute approximate surface area is 225 Å². The number of ether oxygens (including phenoxy) is 1. The van der Waals surface area contributed by atoms with Crippen molar-refractivity contribution in [1.29, 1.82) is 0 Å². The van der Waals surface area contributed by atoms with Crippen molar-refractivity contribution in [2.45, 2.75) is 20.3 Å². The van der Waals surface area contributed by atoms with Crippen LogP contribution in [-0.2, 0) is 16.0 Å². The van der Waals surface area contributed by atoms with Crippen molar-refractivity contribution in [3.63, 3.8) is 0 Å². The minimum atomic E-state index is -0.764. The fraction of sp³-hybridized carbons (Fsp3) is 0.148. The first-order chi connectivity index (χ1) is 16.8. The first-order valence-electron chi connectivity index (χ1n) is 11.0. The number of benzene rings is 3. The maximum Gasteiger partial charge on any atom is 0.335 e. The van der Waals surface area contributed by atoms with Crippen LogP contribution in [0, 0.1) is 10.5 Å². The number of urea groups is 1. The third kappa shape index (κ3) is 5.33. The van der Waals surface area contributed by atoms with Gasteiger partial charge in [-0.15, -0.1) is 0 Å². The Morgan fingerprint density at radius 1 is 1.06 bits per heavy atom. The van der Waals surface area contributed by atoms with Crippen LogP contribution in [0.25, 0.3) is 6.08 Å². The van der Waals surface area contributed by atoms with Crippen LogP contribution in [0.3, 0.4) is 0 Å². The average molecular weight is 645 g/mol. The second-order valence-electron chi connectivity index (χ2n) is 7.92. The first-order valence-corrected chi connectivity index (χ1v) is 12.8. The van der Waals surface area contributed by atoms with Gasteiger partial charge < -0.3 is 4.74 Å². The highest BCUT2D eigenvalue weighted by Gasteiger charge is 2.37. The molecule has 1 fully saturated rings. The molecule has 0 aliphatic carbocycles. The molecule has 35 heavy (non-hydrogen) atoms. The van der Waals surface area contributed by atoms with E-state index in [0.29, 0.717) is 30.0 Å². The van der Waals surface area contributed by atoms with E-state index < -0.39 is 17.8 Å². The Bertz CT molecular complexity index is 1370. The number of anilines is 1. The number of rotatable bonds is 6. The summed E-state index contributed by atoms with van der Waals surface area (Å²) in [5.41, 5.74) is 3.82. The lowest BCUT2D eigenvalue weighted by Gasteiger charge is -2.27. The highest BCUT2D eigenvalue weighted by Crippen LogP contribution is 2.32. The maximum atomic E-state index is 13.3. The first kappa shape index (κ1) is 25.1. The summed E-state index contributed by atoms with van der Waals surface area (Å²) >= 11 is 5.84. The zero-order chi connectivity index (χ0) is 25.1. The van der Waals surface area contributed by atoms with E-state index in [1.165, 1.54) is 6.08 Å². The molecule has 4 rings (SSSR count). The predicted molar refractivity (Wildman–Crippen MR) is 147 cm³/mol. The molecule has 0 aromatic heterocycles. The summed E-state index contributed by atoms with van der Waals surface area (Å²) in [6.45, 7) is 4.17. The van der Waals surface area contributed by atoms with Gasteiger partial charge in [-0.3, -0.25) is 14.9 Å². The molecule has 0 atom stereocenters. The van der Waals surface area contributed by atoms with Crippen molar-refractivity contribution >= 4 is 68.1 Å². The number of nitrogens with zero attached hydrogens (tertiary/aromatic N) is 1. The predicted octanol–water partition coefficient (Wildman–Crippen LogP) is 6.02. The molecule has 8 heteroatoms. The number of para-hydroxylation sites is 1. The minimum absolute atomic E-state index is 0.121. The van der Waals surface area contributed by atoms with Gasteiger partial charge in [-0.05, 0) is 83.5 Å². The van der Waals surface area contributed by atoms with Crippen molar-refractivity contribution in [3.8, 4) is 5.75 Å². The van der Waals surface area contributed by atoms with Crippen LogP contribution in [0.4, 0.5) is 10.5 Å². The standard InChI is InChI=1S/C27H22BrIN2O4/c1-3-35-24-14-17(13-22(29)19(24)15-18-9-5-6-10-21(18)28)12-20-25(32)30-27(34)31(26(20)33)23-11-7-4-8-16(23)2/h4-14H,3,15H2,1-2H3,(H,30,32,34)/b20-12+.